The van der Waals surface area contributed by atoms with Gasteiger partial charge in [-0.15, -0.1) is 0 Å². The molecule has 0 saturated carbocycles. The van der Waals surface area contributed by atoms with E-state index in [1.54, 1.807) is 0 Å². The van der Waals surface area contributed by atoms with E-state index in [9.17, 15) is 0 Å². The largest absolute Gasteiger partial charge is 0.303 e. The second-order valence-corrected chi connectivity index (χ2v) is 7.94. The molecule has 2 unspecified atom stereocenters. The summed E-state index contributed by atoms with van der Waals surface area (Å²) in [6, 6.07) is 0.161. The fourth-order valence-corrected chi connectivity index (χ4v) is 4.57. The highest BCUT2D eigenvalue weighted by atomic mass is 19.1. The highest BCUT2D eigenvalue weighted by Gasteiger charge is 2.45. The molecule has 0 radical (unpaired) electrons. The Balaban J connectivity index is 1.94. The molecule has 2 aliphatic heterocycles. The Kier molecular flexibility index (Phi) is 6.07. The van der Waals surface area contributed by atoms with Gasteiger partial charge in [-0.05, 0) is 70.6 Å². The maximum atomic E-state index is 15.5. The van der Waals surface area contributed by atoms with Crippen molar-refractivity contribution in [3.05, 3.63) is 0 Å². The first-order chi connectivity index (χ1) is 9.94. The molecule has 3 heteroatoms. The van der Waals surface area contributed by atoms with E-state index in [-0.39, 0.29) is 6.04 Å². The van der Waals surface area contributed by atoms with Crippen molar-refractivity contribution in [2.75, 3.05) is 33.2 Å². The molecule has 0 aromatic rings. The SMILES string of the molecule is CCCC1(F)CN(C)CCC1N1CCC(CC(C)C)CC1. The Labute approximate surface area is 131 Å². The smallest absolute Gasteiger partial charge is 0.139 e. The first-order valence-corrected chi connectivity index (χ1v) is 9.06. The lowest BCUT2D eigenvalue weighted by Crippen LogP contribution is -2.60. The number of halogens is 1. The van der Waals surface area contributed by atoms with E-state index in [0.29, 0.717) is 13.0 Å². The number of alkyl halides is 1. The van der Waals surface area contributed by atoms with Crippen LogP contribution >= 0.6 is 0 Å². The molecule has 0 spiro atoms. The van der Waals surface area contributed by atoms with E-state index >= 15 is 4.39 Å². The van der Waals surface area contributed by atoms with E-state index in [1.807, 2.05) is 0 Å². The molecule has 2 rings (SSSR count). The second kappa shape index (κ2) is 7.41. The molecule has 0 aliphatic carbocycles. The zero-order chi connectivity index (χ0) is 15.5. The van der Waals surface area contributed by atoms with E-state index in [2.05, 4.69) is 37.6 Å². The topological polar surface area (TPSA) is 6.48 Å². The van der Waals surface area contributed by atoms with Gasteiger partial charge in [-0.25, -0.2) is 4.39 Å². The van der Waals surface area contributed by atoms with Crippen molar-refractivity contribution in [3.8, 4) is 0 Å². The third kappa shape index (κ3) is 4.41. The molecule has 0 aromatic heterocycles. The van der Waals surface area contributed by atoms with Gasteiger partial charge in [0, 0.05) is 12.6 Å². The van der Waals surface area contributed by atoms with Crippen LogP contribution in [-0.2, 0) is 0 Å². The molecule has 0 N–H and O–H groups in total. The number of likely N-dealkylation sites (tertiary alicyclic amines) is 2. The van der Waals surface area contributed by atoms with E-state index in [0.717, 1.165) is 44.3 Å². The number of hydrogen-bond donors (Lipinski definition) is 0. The zero-order valence-electron chi connectivity index (χ0n) is 14.6. The fraction of sp³-hybridized carbons (Fsp3) is 1.00. The summed E-state index contributed by atoms with van der Waals surface area (Å²) in [5.41, 5.74) is -0.993. The standard InChI is InChI=1S/C18H35FN2/c1-5-9-18(19)14-20(4)10-8-17(18)21-11-6-16(7-12-21)13-15(2)3/h15-17H,5-14H2,1-4H3. The van der Waals surface area contributed by atoms with Gasteiger partial charge >= 0.3 is 0 Å². The van der Waals surface area contributed by atoms with Gasteiger partial charge in [0.2, 0.25) is 0 Å². The van der Waals surface area contributed by atoms with Gasteiger partial charge < -0.3 is 4.90 Å². The molecule has 2 heterocycles. The predicted molar refractivity (Wildman–Crippen MR) is 88.4 cm³/mol. The van der Waals surface area contributed by atoms with Gasteiger partial charge in [0.25, 0.3) is 0 Å². The van der Waals surface area contributed by atoms with E-state index in [4.69, 9.17) is 0 Å². The lowest BCUT2D eigenvalue weighted by molar-refractivity contribution is -0.0508. The van der Waals surface area contributed by atoms with Gasteiger partial charge in [0.05, 0.1) is 0 Å². The van der Waals surface area contributed by atoms with Crippen molar-refractivity contribution in [2.24, 2.45) is 11.8 Å². The van der Waals surface area contributed by atoms with Crippen LogP contribution in [-0.4, -0.2) is 54.7 Å². The third-order valence-corrected chi connectivity index (χ3v) is 5.47. The average Bonchev–Trinajstić information content (AvgIpc) is 2.39. The molecule has 0 aromatic carbocycles. The van der Waals surface area contributed by atoms with Crippen LogP contribution in [0.2, 0.25) is 0 Å². The Morgan fingerprint density at radius 3 is 2.38 bits per heavy atom. The summed E-state index contributed by atoms with van der Waals surface area (Å²) >= 11 is 0. The number of hydrogen-bond acceptors (Lipinski definition) is 2. The first kappa shape index (κ1) is 17.2. The van der Waals surface area contributed by atoms with Crippen LogP contribution in [0.1, 0.15) is 59.3 Å². The zero-order valence-corrected chi connectivity index (χ0v) is 14.6. The van der Waals surface area contributed by atoms with E-state index in [1.165, 1.54) is 19.3 Å². The molecule has 2 nitrogen and oxygen atoms in total. The maximum absolute atomic E-state index is 15.5. The van der Waals surface area contributed by atoms with Crippen LogP contribution in [0.25, 0.3) is 0 Å². The Bertz CT molecular complexity index is 312. The lowest BCUT2D eigenvalue weighted by Gasteiger charge is -2.49. The van der Waals surface area contributed by atoms with Crippen molar-refractivity contribution in [2.45, 2.75) is 71.0 Å². The Hall–Kier alpha value is -0.150. The van der Waals surface area contributed by atoms with Crippen molar-refractivity contribution >= 4 is 0 Å². The molecule has 2 fully saturated rings. The minimum absolute atomic E-state index is 0.161. The third-order valence-electron chi connectivity index (χ3n) is 5.47. The highest BCUT2D eigenvalue weighted by Crippen LogP contribution is 2.36. The van der Waals surface area contributed by atoms with Gasteiger partial charge in [-0.2, -0.15) is 0 Å². The molecule has 2 saturated heterocycles. The minimum Gasteiger partial charge on any atom is -0.303 e. The second-order valence-electron chi connectivity index (χ2n) is 7.94. The molecule has 2 aliphatic rings. The summed E-state index contributed by atoms with van der Waals surface area (Å²) in [4.78, 5) is 4.66. The maximum Gasteiger partial charge on any atom is 0.139 e. The first-order valence-electron chi connectivity index (χ1n) is 9.06. The van der Waals surface area contributed by atoms with Gasteiger partial charge in [-0.1, -0.05) is 27.2 Å². The Morgan fingerprint density at radius 1 is 1.14 bits per heavy atom. The summed E-state index contributed by atoms with van der Waals surface area (Å²) in [5, 5.41) is 0. The number of piperidine rings is 2. The normalized spacial score (nSPS) is 33.7. The number of rotatable bonds is 5. The average molecular weight is 298 g/mol. The minimum atomic E-state index is -0.993. The number of nitrogens with zero attached hydrogens (tertiary/aromatic N) is 2. The van der Waals surface area contributed by atoms with E-state index < -0.39 is 5.67 Å². The molecule has 2 atom stereocenters. The summed E-state index contributed by atoms with van der Waals surface area (Å²) in [6.07, 6.45) is 6.55. The molecule has 21 heavy (non-hydrogen) atoms. The van der Waals surface area contributed by atoms with Crippen LogP contribution in [0.5, 0.6) is 0 Å². The lowest BCUT2D eigenvalue weighted by atomic mass is 9.81. The van der Waals surface area contributed by atoms with Crippen molar-refractivity contribution in [1.29, 1.82) is 0 Å². The van der Waals surface area contributed by atoms with Gasteiger partial charge in [0.15, 0.2) is 0 Å². The molecular weight excluding hydrogens is 263 g/mol. The quantitative estimate of drug-likeness (QED) is 0.758. The van der Waals surface area contributed by atoms with Crippen LogP contribution in [0.15, 0.2) is 0 Å². The van der Waals surface area contributed by atoms with Crippen LogP contribution in [0.4, 0.5) is 4.39 Å². The van der Waals surface area contributed by atoms with Crippen molar-refractivity contribution in [3.63, 3.8) is 0 Å². The van der Waals surface area contributed by atoms with Gasteiger partial charge in [0.1, 0.15) is 5.67 Å². The fourth-order valence-electron chi connectivity index (χ4n) is 4.57. The van der Waals surface area contributed by atoms with Crippen LogP contribution < -0.4 is 0 Å². The highest BCUT2D eigenvalue weighted by molar-refractivity contribution is 5.00. The molecule has 124 valence electrons. The Morgan fingerprint density at radius 2 is 1.81 bits per heavy atom. The summed E-state index contributed by atoms with van der Waals surface area (Å²) < 4.78 is 15.5. The van der Waals surface area contributed by atoms with Crippen molar-refractivity contribution in [1.82, 2.24) is 9.80 Å². The molecule has 0 bridgehead atoms. The summed E-state index contributed by atoms with van der Waals surface area (Å²) in [6.45, 7) is 10.6. The van der Waals surface area contributed by atoms with Crippen LogP contribution in [0, 0.1) is 11.8 Å². The monoisotopic (exact) mass is 298 g/mol. The summed E-state index contributed by atoms with van der Waals surface area (Å²) in [7, 11) is 2.06. The van der Waals surface area contributed by atoms with Crippen molar-refractivity contribution < 1.29 is 4.39 Å². The van der Waals surface area contributed by atoms with Crippen LogP contribution in [0.3, 0.4) is 0 Å². The molecular formula is C18H35FN2. The molecule has 0 amide bonds. The summed E-state index contributed by atoms with van der Waals surface area (Å²) in [5.74, 6) is 1.66. The van der Waals surface area contributed by atoms with Gasteiger partial charge in [-0.3, -0.25) is 4.90 Å². The predicted octanol–water partition coefficient (Wildman–Crippen LogP) is 3.96.